The number of carboxylic acid groups (broad SMARTS) is 1. The maximum absolute atomic E-state index is 13.6. The number of likely N-dealkylation sites (N-methyl/N-ethyl adjacent to an activating group) is 1. The van der Waals surface area contributed by atoms with E-state index in [2.05, 4.69) is 26.2 Å². The fraction of sp³-hybridized carbons (Fsp3) is 0.400. The Morgan fingerprint density at radius 3 is 2.47 bits per heavy atom. The van der Waals surface area contributed by atoms with Gasteiger partial charge in [-0.3, -0.25) is 29.0 Å². The van der Waals surface area contributed by atoms with Crippen LogP contribution in [0.5, 0.6) is 5.75 Å². The zero-order chi connectivity index (χ0) is 31.7. The van der Waals surface area contributed by atoms with E-state index in [0.29, 0.717) is 22.2 Å². The van der Waals surface area contributed by atoms with Gasteiger partial charge in [0.25, 0.3) is 5.91 Å². The summed E-state index contributed by atoms with van der Waals surface area (Å²) in [5.41, 5.74) is 0.536. The number of thioether (sulfide) groups is 2. The largest absolute Gasteiger partial charge is 0.508 e. The molecule has 17 nitrogen and oxygen atoms in total. The molecule has 0 aliphatic carbocycles. The van der Waals surface area contributed by atoms with Crippen LogP contribution in [-0.2, 0) is 31.0 Å². The van der Waals surface area contributed by atoms with Crippen molar-refractivity contribution in [1.82, 2.24) is 45.5 Å². The van der Waals surface area contributed by atoms with Crippen LogP contribution in [0.3, 0.4) is 0 Å². The molecule has 6 amide bonds. The number of aliphatic carboxylic acids is 1. The van der Waals surface area contributed by atoms with Crippen LogP contribution >= 0.6 is 23.5 Å². The maximum atomic E-state index is 13.6. The molecule has 4 heterocycles. The molecule has 1 unspecified atom stereocenters. The SMILES string of the molecule is CCN1CCN(C(=O)NC(C(=O)N[C@@H]2C(=O)N3C(C(=O)O)=C(CSc4nnnn4C)CS[C@H]23)c2ccc(O)cc2)C(=O)C1=O.[Na]. The number of imide groups is 1. The summed E-state index contributed by atoms with van der Waals surface area (Å²) in [6, 6.07) is 1.84. The molecular weight excluding hydrogens is 641 g/mol. The third-order valence-corrected chi connectivity index (χ3v) is 9.63. The number of aromatic nitrogens is 4. The predicted octanol–water partition coefficient (Wildman–Crippen LogP) is -1.49. The summed E-state index contributed by atoms with van der Waals surface area (Å²) in [7, 11) is 1.64. The number of piperazine rings is 1. The van der Waals surface area contributed by atoms with Gasteiger partial charge in [-0.2, -0.15) is 0 Å². The van der Waals surface area contributed by atoms with E-state index in [-0.39, 0.29) is 71.2 Å². The van der Waals surface area contributed by atoms with Crippen molar-refractivity contribution in [3.05, 3.63) is 41.1 Å². The Kier molecular flexibility index (Phi) is 10.8. The van der Waals surface area contributed by atoms with E-state index in [9.17, 15) is 39.0 Å². The number of hydrogen-bond acceptors (Lipinski definition) is 12. The minimum Gasteiger partial charge on any atom is -0.508 e. The van der Waals surface area contributed by atoms with Crippen molar-refractivity contribution >= 4 is 88.7 Å². The molecule has 2 fully saturated rings. The Labute approximate surface area is 286 Å². The van der Waals surface area contributed by atoms with Crippen LogP contribution in [-0.4, -0.2) is 153 Å². The van der Waals surface area contributed by atoms with Gasteiger partial charge in [-0.15, -0.1) is 16.9 Å². The fourth-order valence-corrected chi connectivity index (χ4v) is 7.20. The smallest absolute Gasteiger partial charge is 0.352 e. The second-order valence-corrected chi connectivity index (χ2v) is 11.9. The molecule has 20 heteroatoms. The molecule has 2 saturated heterocycles. The van der Waals surface area contributed by atoms with Crippen molar-refractivity contribution < 1.29 is 39.0 Å². The number of nitrogens with zero attached hydrogens (tertiary/aromatic N) is 7. The Balaban J connectivity index is 0.00000461. The minimum absolute atomic E-state index is 0. The summed E-state index contributed by atoms with van der Waals surface area (Å²) < 4.78 is 1.44. The van der Waals surface area contributed by atoms with E-state index in [1.54, 1.807) is 14.0 Å². The molecule has 3 aliphatic heterocycles. The van der Waals surface area contributed by atoms with Crippen molar-refractivity contribution in [3.63, 3.8) is 0 Å². The number of hydrogen-bond donors (Lipinski definition) is 4. The second kappa shape index (κ2) is 14.2. The first-order valence-corrected chi connectivity index (χ1v) is 15.3. The van der Waals surface area contributed by atoms with Crippen LogP contribution < -0.4 is 10.6 Å². The first kappa shape index (κ1) is 34.2. The molecule has 2 aromatic rings. The molecule has 1 aromatic carbocycles. The summed E-state index contributed by atoms with van der Waals surface area (Å²) >= 11 is 2.49. The molecule has 0 spiro atoms. The van der Waals surface area contributed by atoms with Crippen LogP contribution in [0, 0.1) is 0 Å². The van der Waals surface area contributed by atoms with Gasteiger partial charge in [-0.25, -0.2) is 14.3 Å². The standard InChI is InChI=1S/C25H27N9O8S2.Na/c1-3-32-8-9-33(21(39)20(32)38)24(42)27-15(12-4-6-14(35)7-5-12)18(36)26-16-19(37)34-17(23(40)41)13(10-43-22(16)34)11-44-25-28-29-30-31(25)2;/h4-7,15-16,22,35H,3,8-11H2,1-2H3,(H,26,36)(H,27,42)(H,40,41);/t15?,16-,22-;/m1./s1. The molecule has 5 rings (SSSR count). The normalized spacial score (nSPS) is 20.2. The maximum Gasteiger partial charge on any atom is 0.352 e. The van der Waals surface area contributed by atoms with E-state index in [1.807, 2.05) is 0 Å². The van der Waals surface area contributed by atoms with E-state index >= 15 is 0 Å². The summed E-state index contributed by atoms with van der Waals surface area (Å²) in [4.78, 5) is 80.1. The Morgan fingerprint density at radius 2 is 1.84 bits per heavy atom. The molecule has 0 bridgehead atoms. The fourth-order valence-electron chi connectivity index (χ4n) is 4.86. The van der Waals surface area contributed by atoms with E-state index < -0.39 is 53.1 Å². The third-order valence-electron chi connectivity index (χ3n) is 7.20. The number of fused-ring (bicyclic) bond motifs is 1. The van der Waals surface area contributed by atoms with Gasteiger partial charge in [0.2, 0.25) is 11.1 Å². The molecule has 45 heavy (non-hydrogen) atoms. The molecule has 1 aromatic heterocycles. The number of tetrazole rings is 1. The number of benzene rings is 1. The van der Waals surface area contributed by atoms with Crippen molar-refractivity contribution in [2.24, 2.45) is 7.05 Å². The van der Waals surface area contributed by atoms with E-state index in [1.165, 1.54) is 57.4 Å². The minimum atomic E-state index is -1.42. The summed E-state index contributed by atoms with van der Waals surface area (Å²) in [5, 5.41) is 35.6. The molecule has 0 saturated carbocycles. The van der Waals surface area contributed by atoms with Crippen LogP contribution in [0.4, 0.5) is 4.79 Å². The summed E-state index contributed by atoms with van der Waals surface area (Å²) in [6.07, 6.45) is 0. The summed E-state index contributed by atoms with van der Waals surface area (Å²) in [5.74, 6) is -4.26. The monoisotopic (exact) mass is 668 g/mol. The number of carbonyl (C=O) groups excluding carboxylic acids is 5. The average Bonchev–Trinajstić information content (AvgIpc) is 3.42. The quantitative estimate of drug-likeness (QED) is 0.104. The van der Waals surface area contributed by atoms with Crippen LogP contribution in [0.2, 0.25) is 0 Å². The van der Waals surface area contributed by atoms with Gasteiger partial charge in [0.05, 0.1) is 0 Å². The van der Waals surface area contributed by atoms with E-state index in [0.717, 1.165) is 4.90 Å². The Bertz CT molecular complexity index is 1570. The number of aryl methyl sites for hydroxylation is 1. The molecular formula is C25H27N9NaO8S2. The number of phenols is 1. The number of carbonyl (C=O) groups is 6. The molecule has 1 radical (unpaired) electrons. The number of urea groups is 1. The topological polar surface area (TPSA) is 220 Å². The van der Waals surface area contributed by atoms with Gasteiger partial charge < -0.3 is 25.7 Å². The van der Waals surface area contributed by atoms with Crippen LogP contribution in [0.15, 0.2) is 40.7 Å². The number of amides is 6. The molecule has 233 valence electrons. The van der Waals surface area contributed by atoms with Gasteiger partial charge in [0, 0.05) is 67.7 Å². The summed E-state index contributed by atoms with van der Waals surface area (Å²) in [6.45, 7) is 2.04. The van der Waals surface area contributed by atoms with E-state index in [4.69, 9.17) is 0 Å². The Hall–Kier alpha value is -3.65. The number of phenolic OH excluding ortho intramolecular Hbond substituents is 1. The number of carboxylic acids is 1. The average molecular weight is 669 g/mol. The van der Waals surface area contributed by atoms with Crippen molar-refractivity contribution in [2.45, 2.75) is 29.5 Å². The van der Waals surface area contributed by atoms with Crippen molar-refractivity contribution in [3.8, 4) is 5.75 Å². The van der Waals surface area contributed by atoms with Crippen molar-refractivity contribution in [1.29, 1.82) is 0 Å². The molecule has 3 atom stereocenters. The third kappa shape index (κ3) is 6.81. The van der Waals surface area contributed by atoms with Crippen LogP contribution in [0.1, 0.15) is 18.5 Å². The van der Waals surface area contributed by atoms with Gasteiger partial charge in [0.1, 0.15) is 28.9 Å². The Morgan fingerprint density at radius 1 is 1.13 bits per heavy atom. The predicted molar refractivity (Wildman–Crippen MR) is 158 cm³/mol. The number of rotatable bonds is 9. The first-order valence-electron chi connectivity index (χ1n) is 13.3. The van der Waals surface area contributed by atoms with Crippen LogP contribution in [0.25, 0.3) is 0 Å². The zero-order valence-electron chi connectivity index (χ0n) is 24.4. The number of nitrogens with one attached hydrogen (secondary N) is 2. The first-order chi connectivity index (χ1) is 21.0. The van der Waals surface area contributed by atoms with Crippen molar-refractivity contribution in [2.75, 3.05) is 31.1 Å². The van der Waals surface area contributed by atoms with Gasteiger partial charge in [-0.05, 0) is 40.6 Å². The van der Waals surface area contributed by atoms with Gasteiger partial charge in [0.15, 0.2) is 0 Å². The molecule has 4 N–H and O–H groups in total. The van der Waals surface area contributed by atoms with Gasteiger partial charge >= 0.3 is 23.8 Å². The number of aromatic hydroxyl groups is 1. The second-order valence-electron chi connectivity index (χ2n) is 9.84. The van der Waals surface area contributed by atoms with Gasteiger partial charge in [-0.1, -0.05) is 23.9 Å². The molecule has 3 aliphatic rings. The zero-order valence-corrected chi connectivity index (χ0v) is 28.0. The number of β-lactam (4-membered cyclic amide) rings is 1.